The SMILES string of the molecule is CC(C)(C)OC(=O)N1CC[C@@H]2CN(Cc3cc(Cl)cc4c3OCC4)[C@@H]2C1. The molecule has 0 saturated carbocycles. The molecule has 1 aromatic carbocycles. The topological polar surface area (TPSA) is 42.0 Å². The lowest BCUT2D eigenvalue weighted by atomic mass is 9.82. The van der Waals surface area contributed by atoms with Gasteiger partial charge in [-0.15, -0.1) is 0 Å². The molecule has 142 valence electrons. The molecule has 1 aromatic rings. The van der Waals surface area contributed by atoms with Gasteiger partial charge in [-0.25, -0.2) is 4.79 Å². The molecule has 6 heteroatoms. The Kier molecular flexibility index (Phi) is 4.56. The first-order valence-electron chi connectivity index (χ1n) is 9.46. The van der Waals surface area contributed by atoms with Crippen LogP contribution in [0, 0.1) is 5.92 Å². The Morgan fingerprint density at radius 3 is 2.92 bits per heavy atom. The molecule has 0 unspecified atom stereocenters. The molecular formula is C20H27ClN2O3. The van der Waals surface area contributed by atoms with Gasteiger partial charge in [0.05, 0.1) is 6.61 Å². The minimum atomic E-state index is -0.452. The monoisotopic (exact) mass is 378 g/mol. The third-order valence-corrected chi connectivity index (χ3v) is 5.73. The molecule has 3 aliphatic rings. The van der Waals surface area contributed by atoms with E-state index in [9.17, 15) is 4.79 Å². The zero-order chi connectivity index (χ0) is 18.5. The van der Waals surface area contributed by atoms with Crippen LogP contribution >= 0.6 is 11.6 Å². The molecule has 4 rings (SSSR count). The van der Waals surface area contributed by atoms with E-state index in [1.165, 1.54) is 5.56 Å². The average Bonchev–Trinajstić information content (AvgIpc) is 2.99. The number of likely N-dealkylation sites (tertiary alicyclic amines) is 2. The number of carbonyl (C=O) groups excluding carboxylic acids is 1. The molecule has 0 aromatic heterocycles. The predicted molar refractivity (Wildman–Crippen MR) is 101 cm³/mol. The van der Waals surface area contributed by atoms with Gasteiger partial charge in [0.25, 0.3) is 0 Å². The number of hydrogen-bond donors (Lipinski definition) is 0. The number of nitrogens with zero attached hydrogens (tertiary/aromatic N) is 2. The smallest absolute Gasteiger partial charge is 0.410 e. The lowest BCUT2D eigenvalue weighted by Crippen LogP contribution is -2.64. The molecule has 0 spiro atoms. The van der Waals surface area contributed by atoms with Crippen LogP contribution in [0.2, 0.25) is 5.02 Å². The summed E-state index contributed by atoms with van der Waals surface area (Å²) in [6.07, 6.45) is 1.78. The van der Waals surface area contributed by atoms with Crippen molar-refractivity contribution in [3.05, 3.63) is 28.3 Å². The average molecular weight is 379 g/mol. The molecule has 26 heavy (non-hydrogen) atoms. The zero-order valence-electron chi connectivity index (χ0n) is 15.8. The summed E-state index contributed by atoms with van der Waals surface area (Å²) in [5.74, 6) is 1.68. The molecule has 0 bridgehead atoms. The van der Waals surface area contributed by atoms with Gasteiger partial charge in [0.1, 0.15) is 11.4 Å². The summed E-state index contributed by atoms with van der Waals surface area (Å²) >= 11 is 6.29. The Morgan fingerprint density at radius 2 is 2.15 bits per heavy atom. The van der Waals surface area contributed by atoms with Crippen LogP contribution in [0.1, 0.15) is 38.3 Å². The van der Waals surface area contributed by atoms with E-state index in [2.05, 4.69) is 4.90 Å². The van der Waals surface area contributed by atoms with Crippen LogP contribution in [0.5, 0.6) is 5.75 Å². The number of fused-ring (bicyclic) bond motifs is 2. The molecule has 5 nitrogen and oxygen atoms in total. The molecule has 3 heterocycles. The van der Waals surface area contributed by atoms with Crippen molar-refractivity contribution in [2.45, 2.75) is 51.8 Å². The second-order valence-electron chi connectivity index (χ2n) is 8.62. The first-order valence-corrected chi connectivity index (χ1v) is 9.84. The molecule has 0 N–H and O–H groups in total. The maximum atomic E-state index is 12.4. The van der Waals surface area contributed by atoms with Gasteiger partial charge in [-0.1, -0.05) is 11.6 Å². The summed E-state index contributed by atoms with van der Waals surface area (Å²) in [6.45, 7) is 9.90. The van der Waals surface area contributed by atoms with Crippen molar-refractivity contribution in [2.24, 2.45) is 5.92 Å². The van der Waals surface area contributed by atoms with E-state index < -0.39 is 5.60 Å². The maximum Gasteiger partial charge on any atom is 0.410 e. The van der Waals surface area contributed by atoms with E-state index in [0.717, 1.165) is 62.0 Å². The number of piperidine rings is 1. The summed E-state index contributed by atoms with van der Waals surface area (Å²) in [5, 5.41) is 0.778. The van der Waals surface area contributed by atoms with Gasteiger partial charge in [0.2, 0.25) is 0 Å². The number of ether oxygens (including phenoxy) is 2. The summed E-state index contributed by atoms with van der Waals surface area (Å²) in [6, 6.07) is 4.43. The quantitative estimate of drug-likeness (QED) is 0.786. The predicted octanol–water partition coefficient (Wildman–Crippen LogP) is 3.72. The normalized spacial score (nSPS) is 25.2. The van der Waals surface area contributed by atoms with Crippen LogP contribution in [-0.4, -0.2) is 53.8 Å². The molecule has 1 amide bonds. The number of hydrogen-bond acceptors (Lipinski definition) is 4. The van der Waals surface area contributed by atoms with Crippen molar-refractivity contribution < 1.29 is 14.3 Å². The van der Waals surface area contributed by atoms with Crippen molar-refractivity contribution in [1.82, 2.24) is 9.80 Å². The Labute approximate surface area is 160 Å². The Hall–Kier alpha value is -1.46. The standard InChI is InChI=1S/C20H27ClN2O3/c1-20(2,3)26-19(24)22-6-4-14-10-23(17(14)12-22)11-15-9-16(21)8-13-5-7-25-18(13)15/h8-9,14,17H,4-7,10-12H2,1-3H3/t14-,17-/m1/s1. The highest BCUT2D eigenvalue weighted by Crippen LogP contribution is 2.38. The highest BCUT2D eigenvalue weighted by molar-refractivity contribution is 6.30. The lowest BCUT2D eigenvalue weighted by Gasteiger charge is -2.53. The number of rotatable bonds is 2. The van der Waals surface area contributed by atoms with E-state index in [1.807, 2.05) is 37.8 Å². The summed E-state index contributed by atoms with van der Waals surface area (Å²) < 4.78 is 11.4. The second-order valence-corrected chi connectivity index (χ2v) is 9.06. The van der Waals surface area contributed by atoms with Crippen molar-refractivity contribution in [2.75, 3.05) is 26.2 Å². The van der Waals surface area contributed by atoms with Crippen LogP contribution in [-0.2, 0) is 17.7 Å². The number of amides is 1. The number of carbonyl (C=O) groups is 1. The van der Waals surface area contributed by atoms with Crippen LogP contribution in [0.15, 0.2) is 12.1 Å². The highest BCUT2D eigenvalue weighted by Gasteiger charge is 2.44. The van der Waals surface area contributed by atoms with E-state index in [0.29, 0.717) is 12.0 Å². The largest absolute Gasteiger partial charge is 0.493 e. The third-order valence-electron chi connectivity index (χ3n) is 5.51. The van der Waals surface area contributed by atoms with Crippen LogP contribution < -0.4 is 4.74 Å². The highest BCUT2D eigenvalue weighted by atomic mass is 35.5. The van der Waals surface area contributed by atoms with Gasteiger partial charge in [-0.3, -0.25) is 4.90 Å². The minimum absolute atomic E-state index is 0.199. The molecule has 0 radical (unpaired) electrons. The first kappa shape index (κ1) is 17.9. The van der Waals surface area contributed by atoms with Crippen molar-refractivity contribution in [3.8, 4) is 5.75 Å². The molecule has 0 aliphatic carbocycles. The summed E-state index contributed by atoms with van der Waals surface area (Å²) in [7, 11) is 0. The third kappa shape index (κ3) is 3.52. The fourth-order valence-electron chi connectivity index (χ4n) is 4.26. The fourth-order valence-corrected chi connectivity index (χ4v) is 4.53. The molecular weight excluding hydrogens is 352 g/mol. The lowest BCUT2D eigenvalue weighted by molar-refractivity contribution is -0.0559. The van der Waals surface area contributed by atoms with Gasteiger partial charge in [-0.2, -0.15) is 0 Å². The van der Waals surface area contributed by atoms with Crippen LogP contribution in [0.4, 0.5) is 4.79 Å². The number of halogens is 1. The van der Waals surface area contributed by atoms with Gasteiger partial charge >= 0.3 is 6.09 Å². The van der Waals surface area contributed by atoms with Crippen molar-refractivity contribution in [1.29, 1.82) is 0 Å². The zero-order valence-corrected chi connectivity index (χ0v) is 16.5. The molecule has 3 aliphatic heterocycles. The Balaban J connectivity index is 1.42. The van der Waals surface area contributed by atoms with E-state index in [-0.39, 0.29) is 6.09 Å². The maximum absolute atomic E-state index is 12.4. The van der Waals surface area contributed by atoms with E-state index >= 15 is 0 Å². The van der Waals surface area contributed by atoms with Crippen LogP contribution in [0.25, 0.3) is 0 Å². The Morgan fingerprint density at radius 1 is 1.35 bits per heavy atom. The summed E-state index contributed by atoms with van der Waals surface area (Å²) in [5.41, 5.74) is 1.92. The summed E-state index contributed by atoms with van der Waals surface area (Å²) in [4.78, 5) is 16.7. The van der Waals surface area contributed by atoms with Crippen LogP contribution in [0.3, 0.4) is 0 Å². The molecule has 2 atom stereocenters. The number of benzene rings is 1. The van der Waals surface area contributed by atoms with E-state index in [1.54, 1.807) is 0 Å². The van der Waals surface area contributed by atoms with Gasteiger partial charge < -0.3 is 14.4 Å². The fraction of sp³-hybridized carbons (Fsp3) is 0.650. The minimum Gasteiger partial charge on any atom is -0.493 e. The van der Waals surface area contributed by atoms with E-state index in [4.69, 9.17) is 21.1 Å². The molecule has 2 saturated heterocycles. The van der Waals surface area contributed by atoms with Crippen molar-refractivity contribution >= 4 is 17.7 Å². The second kappa shape index (κ2) is 6.61. The first-order chi connectivity index (χ1) is 12.3. The van der Waals surface area contributed by atoms with Crippen molar-refractivity contribution in [3.63, 3.8) is 0 Å². The van der Waals surface area contributed by atoms with Gasteiger partial charge in [-0.05, 0) is 50.8 Å². The Bertz CT molecular complexity index is 716. The molecule has 2 fully saturated rings. The van der Waals surface area contributed by atoms with Gasteiger partial charge in [0.15, 0.2) is 0 Å². The van der Waals surface area contributed by atoms with Gasteiger partial charge in [0, 0.05) is 49.2 Å².